The Labute approximate surface area is 137 Å². The van der Waals surface area contributed by atoms with Crippen LogP contribution in [0.1, 0.15) is 0 Å². The van der Waals surface area contributed by atoms with Gasteiger partial charge in [-0.2, -0.15) is 0 Å². The van der Waals surface area contributed by atoms with Gasteiger partial charge in [-0.05, 0) is 0 Å². The van der Waals surface area contributed by atoms with Crippen molar-refractivity contribution in [3.8, 4) is 0 Å². The van der Waals surface area contributed by atoms with Crippen LogP contribution in [-0.2, 0) is 65.3 Å². The molecule has 2 rings (SSSR count). The average Bonchev–Trinajstić information content (AvgIpc) is 2.97. The average molecular weight is 657 g/mol. The van der Waals surface area contributed by atoms with Gasteiger partial charge in [0.15, 0.2) is 0 Å². The summed E-state index contributed by atoms with van der Waals surface area (Å²) >= 11 is -0.510. The van der Waals surface area contributed by atoms with Gasteiger partial charge < -0.3 is 30.3 Å². The fourth-order valence-electron chi connectivity index (χ4n) is 0.824. The van der Waals surface area contributed by atoms with Crippen LogP contribution >= 0.6 is 16.5 Å². The smallest absolute Gasteiger partial charge is 0 e. The molecule has 0 aliphatic rings. The number of hydrogen-bond acceptors (Lipinski definition) is 0. The topological polar surface area (TPSA) is 0 Å². The summed E-state index contributed by atoms with van der Waals surface area (Å²) in [5.41, 5.74) is 0. The summed E-state index contributed by atoms with van der Waals surface area (Å²) in [5, 5.41) is 0. The first kappa shape index (κ1) is 19.0. The second-order valence-electron chi connectivity index (χ2n) is 2.39. The fourth-order valence-corrected chi connectivity index (χ4v) is 4.14. The van der Waals surface area contributed by atoms with Crippen molar-refractivity contribution in [3.63, 3.8) is 0 Å². The monoisotopic (exact) mass is 659 g/mol. The van der Waals surface area contributed by atoms with Gasteiger partial charge in [-0.1, -0.05) is 0 Å². The number of rotatable bonds is 1. The Morgan fingerprint density at radius 3 is 1.47 bits per heavy atom. The normalized spacial score (nSPS) is 6.93. The SMILES string of the molecule is [Cl][Hg].[Cl][Hg][c-]1cccc1.[Fe].[cH-]1[cH-][cH-][cH-][cH-]1. The minimum atomic E-state index is -1.01. The van der Waals surface area contributed by atoms with Crippen LogP contribution in [0.25, 0.3) is 0 Å². The maximum atomic E-state index is 5.69. The van der Waals surface area contributed by atoms with Crippen molar-refractivity contribution in [2.75, 3.05) is 0 Å². The van der Waals surface area contributed by atoms with E-state index in [1.807, 2.05) is 42.5 Å². The Morgan fingerprint density at radius 2 is 1.27 bits per heavy atom. The summed E-state index contributed by atoms with van der Waals surface area (Å²) in [6.45, 7) is 0. The first-order valence-corrected chi connectivity index (χ1v) is 20.4. The molecule has 0 bridgehead atoms. The van der Waals surface area contributed by atoms with Gasteiger partial charge in [-0.3, -0.25) is 0 Å². The molecule has 2 aromatic rings. The molecule has 0 radical (unpaired) electrons. The third-order valence-corrected chi connectivity index (χ3v) is 7.18. The van der Waals surface area contributed by atoms with Crippen molar-refractivity contribution < 1.29 is 65.3 Å². The van der Waals surface area contributed by atoms with Crippen LogP contribution in [0.3, 0.4) is 0 Å². The third-order valence-electron chi connectivity index (χ3n) is 1.44. The van der Waals surface area contributed by atoms with Gasteiger partial charge in [-0.25, -0.2) is 0 Å². The molecule has 0 aromatic heterocycles. The Balaban J connectivity index is 0. The molecule has 0 spiro atoms. The Hall–Kier alpha value is 1.67. The van der Waals surface area contributed by atoms with Crippen LogP contribution in [-0.4, -0.2) is 0 Å². The maximum Gasteiger partial charge on any atom is 0 e. The van der Waals surface area contributed by atoms with Gasteiger partial charge in [0.1, 0.15) is 0 Å². The Morgan fingerprint density at radius 1 is 0.933 bits per heavy atom. The van der Waals surface area contributed by atoms with E-state index in [1.54, 1.807) is 0 Å². The molecule has 2 aromatic carbocycles. The second kappa shape index (κ2) is 15.7. The van der Waals surface area contributed by atoms with Crippen molar-refractivity contribution in [3.05, 3.63) is 54.6 Å². The van der Waals surface area contributed by atoms with E-state index in [0.29, 0.717) is 24.9 Å². The molecule has 0 saturated heterocycles. The van der Waals surface area contributed by atoms with E-state index >= 15 is 0 Å². The Kier molecular flexibility index (Phi) is 19.9. The molecule has 5 heteroatoms. The molecule has 0 aliphatic carbocycles. The molecular weight excluding hydrogens is 648 g/mol. The molecule has 81 valence electrons. The molecule has 0 heterocycles. The van der Waals surface area contributed by atoms with Gasteiger partial charge in [0.2, 0.25) is 0 Å². The predicted molar refractivity (Wildman–Crippen MR) is 55.4 cm³/mol. The Bertz CT molecular complexity index is 252. The number of halogens is 2. The standard InChI is InChI=1S/C5H5.C5H4.2ClH.Fe.2Hg/c2*1-2-4-5-3-1;;;;;/h1-5H;1-4H;2*1H;;;/q-5;-1;;;;2*+1/p-2. The van der Waals surface area contributed by atoms with Crippen molar-refractivity contribution in [1.82, 2.24) is 0 Å². The van der Waals surface area contributed by atoms with Gasteiger partial charge in [0.05, 0.1) is 0 Å². The molecule has 0 saturated carbocycles. The van der Waals surface area contributed by atoms with Gasteiger partial charge in [0, 0.05) is 17.1 Å². The van der Waals surface area contributed by atoms with Crippen LogP contribution in [0.2, 0.25) is 0 Å². The summed E-state index contributed by atoms with van der Waals surface area (Å²) in [6, 6.07) is 18.3. The van der Waals surface area contributed by atoms with Crippen LogP contribution in [0.4, 0.5) is 0 Å². The van der Waals surface area contributed by atoms with E-state index in [-0.39, 0.29) is 17.1 Å². The van der Waals surface area contributed by atoms with Gasteiger partial charge >= 0.3 is 92.1 Å². The summed E-state index contributed by atoms with van der Waals surface area (Å²) in [7, 11) is 10.5. The summed E-state index contributed by atoms with van der Waals surface area (Å²) < 4.78 is 1.42. The minimum Gasteiger partial charge on any atom is -0.748 e. The zero-order valence-corrected chi connectivity index (χ0v) is 21.8. The van der Waals surface area contributed by atoms with Gasteiger partial charge in [0.25, 0.3) is 0 Å². The minimum absolute atomic E-state index is 0. The van der Waals surface area contributed by atoms with Crippen LogP contribution in [0.5, 0.6) is 0 Å². The van der Waals surface area contributed by atoms with Gasteiger partial charge in [-0.15, -0.1) is 0 Å². The van der Waals surface area contributed by atoms with Crippen LogP contribution < -0.4 is 3.07 Å². The molecule has 0 aliphatic heterocycles. The largest absolute Gasteiger partial charge is 0.748 e. The summed E-state index contributed by atoms with van der Waals surface area (Å²) in [6.07, 6.45) is 0. The summed E-state index contributed by atoms with van der Waals surface area (Å²) in [5.74, 6) is 0. The van der Waals surface area contributed by atoms with E-state index < -0.39 is 23.3 Å². The quantitative estimate of drug-likeness (QED) is 0.327. The van der Waals surface area contributed by atoms with Crippen LogP contribution in [0, 0.1) is 0 Å². The molecule has 15 heavy (non-hydrogen) atoms. The fraction of sp³-hybridized carbons (Fsp3) is 0. The molecule has 0 unspecified atom stereocenters. The van der Waals surface area contributed by atoms with E-state index in [1.165, 1.54) is 3.07 Å². The molecule has 0 N–H and O–H groups in total. The number of hydrogen-bond donors (Lipinski definition) is 0. The van der Waals surface area contributed by atoms with Crippen molar-refractivity contribution in [1.29, 1.82) is 0 Å². The molecular formula is C10H9Cl2FeHg2-6. The molecule has 0 amide bonds. The second-order valence-corrected chi connectivity index (χ2v) is 8.95. The summed E-state index contributed by atoms with van der Waals surface area (Å²) in [4.78, 5) is 0. The van der Waals surface area contributed by atoms with E-state index in [4.69, 9.17) is 16.5 Å². The van der Waals surface area contributed by atoms with E-state index in [9.17, 15) is 0 Å². The van der Waals surface area contributed by atoms with E-state index in [2.05, 4.69) is 12.1 Å². The van der Waals surface area contributed by atoms with Crippen molar-refractivity contribution in [2.45, 2.75) is 0 Å². The molecule has 0 nitrogen and oxygen atoms in total. The first-order valence-electron chi connectivity index (χ1n) is 4.13. The van der Waals surface area contributed by atoms with E-state index in [0.717, 1.165) is 0 Å². The maximum absolute atomic E-state index is 5.69. The first-order chi connectivity index (χ1) is 6.93. The zero-order chi connectivity index (χ0) is 10.6. The van der Waals surface area contributed by atoms with Crippen molar-refractivity contribution >= 4 is 19.6 Å². The van der Waals surface area contributed by atoms with Crippen LogP contribution in [0.15, 0.2) is 54.6 Å². The molecule has 0 fully saturated rings. The van der Waals surface area contributed by atoms with Crippen molar-refractivity contribution in [2.24, 2.45) is 0 Å². The predicted octanol–water partition coefficient (Wildman–Crippen LogP) is 3.36. The molecule has 0 atom stereocenters. The third kappa shape index (κ3) is 11.9. The zero-order valence-electron chi connectivity index (χ0n) is 8.22.